The fourth-order valence-corrected chi connectivity index (χ4v) is 2.57. The first kappa shape index (κ1) is 13.7. The van der Waals surface area contributed by atoms with E-state index in [1.54, 1.807) is 7.11 Å². The Kier molecular flexibility index (Phi) is 4.88. The van der Waals surface area contributed by atoms with Crippen LogP contribution in [-0.4, -0.2) is 7.11 Å². The highest BCUT2D eigenvalue weighted by atomic mass is 127. The predicted octanol–water partition coefficient (Wildman–Crippen LogP) is 4.67. The van der Waals surface area contributed by atoms with Crippen molar-refractivity contribution in [1.29, 1.82) is 0 Å². The quantitative estimate of drug-likeness (QED) is 0.729. The summed E-state index contributed by atoms with van der Waals surface area (Å²) >= 11 is 5.88. The Morgan fingerprint density at radius 1 is 1.22 bits per heavy atom. The van der Waals surface area contributed by atoms with E-state index in [4.69, 9.17) is 4.74 Å². The van der Waals surface area contributed by atoms with Gasteiger partial charge in [0.05, 0.1) is 7.11 Å². The van der Waals surface area contributed by atoms with Crippen LogP contribution in [0.5, 0.6) is 5.75 Å². The van der Waals surface area contributed by atoms with E-state index in [1.165, 1.54) is 9.13 Å². The van der Waals surface area contributed by atoms with Crippen molar-refractivity contribution in [3.63, 3.8) is 0 Å². The molecule has 0 saturated carbocycles. The van der Waals surface area contributed by atoms with Crippen LogP contribution < -0.4 is 10.1 Å². The van der Waals surface area contributed by atoms with E-state index in [1.807, 2.05) is 30.3 Å². The Balaban J connectivity index is 2.13. The molecule has 18 heavy (non-hydrogen) atoms. The molecule has 2 aromatic rings. The fraction of sp³-hybridized carbons (Fsp3) is 0.143. The second kappa shape index (κ2) is 6.43. The maximum absolute atomic E-state index is 5.24. The molecule has 2 aromatic carbocycles. The zero-order valence-corrected chi connectivity index (χ0v) is 13.7. The van der Waals surface area contributed by atoms with Crippen molar-refractivity contribution in [2.75, 3.05) is 12.4 Å². The first-order chi connectivity index (χ1) is 8.70. The summed E-state index contributed by atoms with van der Waals surface area (Å²) in [6.45, 7) is 0.762. The summed E-state index contributed by atoms with van der Waals surface area (Å²) < 4.78 is 7.54. The molecule has 0 radical (unpaired) electrons. The number of rotatable bonds is 4. The molecule has 0 unspecified atom stereocenters. The summed E-state index contributed by atoms with van der Waals surface area (Å²) in [5.41, 5.74) is 2.32. The number of hydrogen-bond donors (Lipinski definition) is 1. The molecule has 4 heteroatoms. The topological polar surface area (TPSA) is 21.3 Å². The van der Waals surface area contributed by atoms with Crippen molar-refractivity contribution < 1.29 is 4.74 Å². The molecule has 2 rings (SSSR count). The summed E-state index contributed by atoms with van der Waals surface area (Å²) in [6, 6.07) is 14.2. The average molecular weight is 418 g/mol. The van der Waals surface area contributed by atoms with E-state index in [2.05, 4.69) is 56.0 Å². The van der Waals surface area contributed by atoms with Crippen molar-refractivity contribution in [3.05, 3.63) is 56.1 Å². The predicted molar refractivity (Wildman–Crippen MR) is 87.2 cm³/mol. The Morgan fingerprint density at radius 2 is 2.00 bits per heavy atom. The van der Waals surface area contributed by atoms with Crippen LogP contribution in [0.3, 0.4) is 0 Å². The van der Waals surface area contributed by atoms with E-state index in [9.17, 15) is 0 Å². The lowest BCUT2D eigenvalue weighted by Gasteiger charge is -2.11. The van der Waals surface area contributed by atoms with Crippen LogP contribution in [-0.2, 0) is 6.54 Å². The molecule has 0 fully saturated rings. The molecule has 0 spiro atoms. The Labute approximate surface area is 129 Å². The summed E-state index contributed by atoms with van der Waals surface area (Å²) in [5, 5.41) is 3.43. The average Bonchev–Trinajstić information content (AvgIpc) is 2.39. The standard InChI is InChI=1S/C14H13BrINO/c1-18-11-6-7-12(15)10(8-11)9-17-14-5-3-2-4-13(14)16/h2-8,17H,9H2,1H3. The highest BCUT2D eigenvalue weighted by molar-refractivity contribution is 14.1. The second-order valence-electron chi connectivity index (χ2n) is 3.79. The van der Waals surface area contributed by atoms with E-state index < -0.39 is 0 Å². The molecule has 0 amide bonds. The van der Waals surface area contributed by atoms with Crippen LogP contribution in [0.1, 0.15) is 5.56 Å². The van der Waals surface area contributed by atoms with Crippen LogP contribution in [0, 0.1) is 3.57 Å². The largest absolute Gasteiger partial charge is 0.497 e. The maximum atomic E-state index is 5.24. The lowest BCUT2D eigenvalue weighted by molar-refractivity contribution is 0.414. The second-order valence-corrected chi connectivity index (χ2v) is 5.81. The maximum Gasteiger partial charge on any atom is 0.119 e. The van der Waals surface area contributed by atoms with Gasteiger partial charge in [-0.05, 0) is 58.5 Å². The minimum absolute atomic E-state index is 0.762. The number of para-hydroxylation sites is 1. The number of halogens is 2. The van der Waals surface area contributed by atoms with E-state index in [0.29, 0.717) is 0 Å². The zero-order chi connectivity index (χ0) is 13.0. The lowest BCUT2D eigenvalue weighted by Crippen LogP contribution is -2.02. The molecule has 0 bridgehead atoms. The molecule has 0 aliphatic carbocycles. The highest BCUT2D eigenvalue weighted by Crippen LogP contribution is 2.24. The van der Waals surface area contributed by atoms with Crippen molar-refractivity contribution >= 4 is 44.2 Å². The zero-order valence-electron chi connectivity index (χ0n) is 9.91. The third-order valence-electron chi connectivity index (χ3n) is 2.60. The van der Waals surface area contributed by atoms with Crippen molar-refractivity contribution in [3.8, 4) is 5.75 Å². The van der Waals surface area contributed by atoms with Crippen molar-refractivity contribution in [1.82, 2.24) is 0 Å². The molecule has 0 atom stereocenters. The van der Waals surface area contributed by atoms with Gasteiger partial charge in [0.25, 0.3) is 0 Å². The van der Waals surface area contributed by atoms with Gasteiger partial charge < -0.3 is 10.1 Å². The van der Waals surface area contributed by atoms with E-state index in [0.717, 1.165) is 22.5 Å². The van der Waals surface area contributed by atoms with Gasteiger partial charge in [-0.1, -0.05) is 28.1 Å². The molecule has 1 N–H and O–H groups in total. The summed E-state index contributed by atoms with van der Waals surface area (Å²) in [7, 11) is 1.68. The summed E-state index contributed by atoms with van der Waals surface area (Å²) in [5.74, 6) is 0.873. The van der Waals surface area contributed by atoms with E-state index in [-0.39, 0.29) is 0 Å². The van der Waals surface area contributed by atoms with Gasteiger partial charge in [-0.3, -0.25) is 0 Å². The van der Waals surface area contributed by atoms with Crippen molar-refractivity contribution in [2.24, 2.45) is 0 Å². The molecular weight excluding hydrogens is 405 g/mol. The smallest absolute Gasteiger partial charge is 0.119 e. The number of anilines is 1. The van der Waals surface area contributed by atoms with Gasteiger partial charge in [0, 0.05) is 20.3 Å². The number of methoxy groups -OCH3 is 1. The Morgan fingerprint density at radius 3 is 2.72 bits per heavy atom. The van der Waals surface area contributed by atoms with E-state index >= 15 is 0 Å². The van der Waals surface area contributed by atoms with Crippen LogP contribution >= 0.6 is 38.5 Å². The summed E-state index contributed by atoms with van der Waals surface area (Å²) in [6.07, 6.45) is 0. The molecule has 0 aromatic heterocycles. The van der Waals surface area contributed by atoms with Gasteiger partial charge in [-0.15, -0.1) is 0 Å². The number of ether oxygens (including phenoxy) is 1. The molecule has 0 saturated heterocycles. The molecule has 94 valence electrons. The monoisotopic (exact) mass is 417 g/mol. The van der Waals surface area contributed by atoms with Crippen LogP contribution in [0.15, 0.2) is 46.9 Å². The first-order valence-corrected chi connectivity index (χ1v) is 7.38. The third kappa shape index (κ3) is 3.38. The fourth-order valence-electron chi connectivity index (χ4n) is 1.61. The van der Waals surface area contributed by atoms with Gasteiger partial charge in [-0.2, -0.15) is 0 Å². The van der Waals surface area contributed by atoms with Gasteiger partial charge in [0.15, 0.2) is 0 Å². The summed E-state index contributed by atoms with van der Waals surface area (Å²) in [4.78, 5) is 0. The SMILES string of the molecule is COc1ccc(Br)c(CNc2ccccc2I)c1. The lowest BCUT2D eigenvalue weighted by atomic mass is 10.2. The molecule has 2 nitrogen and oxygen atoms in total. The Bertz CT molecular complexity index is 545. The van der Waals surface area contributed by atoms with Gasteiger partial charge >= 0.3 is 0 Å². The van der Waals surface area contributed by atoms with Gasteiger partial charge in [0.2, 0.25) is 0 Å². The van der Waals surface area contributed by atoms with Crippen LogP contribution in [0.4, 0.5) is 5.69 Å². The minimum atomic E-state index is 0.762. The Hall–Kier alpha value is -0.750. The van der Waals surface area contributed by atoms with Gasteiger partial charge in [-0.25, -0.2) is 0 Å². The normalized spacial score (nSPS) is 10.2. The van der Waals surface area contributed by atoms with Crippen LogP contribution in [0.25, 0.3) is 0 Å². The number of hydrogen-bond acceptors (Lipinski definition) is 2. The number of nitrogens with one attached hydrogen (secondary N) is 1. The molecule has 0 aliphatic heterocycles. The third-order valence-corrected chi connectivity index (χ3v) is 4.31. The first-order valence-electron chi connectivity index (χ1n) is 5.51. The molecular formula is C14H13BrINO. The molecule has 0 heterocycles. The minimum Gasteiger partial charge on any atom is -0.497 e. The molecule has 0 aliphatic rings. The van der Waals surface area contributed by atoms with Gasteiger partial charge in [0.1, 0.15) is 5.75 Å². The highest BCUT2D eigenvalue weighted by Gasteiger charge is 2.03. The van der Waals surface area contributed by atoms with Crippen LogP contribution in [0.2, 0.25) is 0 Å². The van der Waals surface area contributed by atoms with Crippen molar-refractivity contribution in [2.45, 2.75) is 6.54 Å². The number of benzene rings is 2.